The van der Waals surface area contributed by atoms with Crippen LogP contribution >= 0.6 is 0 Å². The number of aromatic nitrogens is 2. The predicted octanol–water partition coefficient (Wildman–Crippen LogP) is 2.76. The van der Waals surface area contributed by atoms with E-state index in [9.17, 15) is 9.18 Å². The summed E-state index contributed by atoms with van der Waals surface area (Å²) in [6.07, 6.45) is 0.656. The van der Waals surface area contributed by atoms with E-state index in [4.69, 9.17) is 0 Å². The molecule has 3 nitrogen and oxygen atoms in total. The molecule has 0 aliphatic carbocycles. The normalized spacial score (nSPS) is 10.7. The number of hydrogen-bond donors (Lipinski definition) is 1. The van der Waals surface area contributed by atoms with Gasteiger partial charge < -0.3 is 4.98 Å². The van der Waals surface area contributed by atoms with Crippen molar-refractivity contribution < 1.29 is 4.39 Å². The van der Waals surface area contributed by atoms with E-state index in [1.165, 1.54) is 12.1 Å². The summed E-state index contributed by atoms with van der Waals surface area (Å²) in [6, 6.07) is 4.50. The Labute approximate surface area is 105 Å². The summed E-state index contributed by atoms with van der Waals surface area (Å²) >= 11 is 0. The smallest absolute Gasteiger partial charge is 0.254 e. The fourth-order valence-electron chi connectivity index (χ4n) is 1.90. The maximum Gasteiger partial charge on any atom is 0.254 e. The number of aromatic amines is 1. The maximum absolute atomic E-state index is 13.1. The molecule has 0 amide bonds. The Hall–Kier alpha value is -1.97. The van der Waals surface area contributed by atoms with Crippen LogP contribution in [0.3, 0.4) is 0 Å². The first kappa shape index (κ1) is 12.5. The van der Waals surface area contributed by atoms with Gasteiger partial charge in [0.1, 0.15) is 11.6 Å². The summed E-state index contributed by atoms with van der Waals surface area (Å²) in [4.78, 5) is 19.0. The van der Waals surface area contributed by atoms with Crippen LogP contribution in [0.25, 0.3) is 11.3 Å². The molecule has 0 atom stereocenters. The number of halogens is 1. The molecule has 0 unspecified atom stereocenters. The first-order valence-electron chi connectivity index (χ1n) is 5.89. The predicted molar refractivity (Wildman–Crippen MR) is 69.1 cm³/mol. The fraction of sp³-hybridized carbons (Fsp3) is 0.286. The van der Waals surface area contributed by atoms with E-state index >= 15 is 0 Å². The van der Waals surface area contributed by atoms with Gasteiger partial charge in [-0.05, 0) is 37.6 Å². The Bertz CT molecular complexity index is 647. The molecular formula is C14H15FN2O. The summed E-state index contributed by atoms with van der Waals surface area (Å²) < 4.78 is 13.1. The second kappa shape index (κ2) is 4.72. The monoisotopic (exact) mass is 246 g/mol. The standard InChI is InChI=1S/C14H15FN2O/c1-4-12-16-13(9(3)14(18)17-12)11-6-5-10(15)7-8(11)2/h5-7H,4H2,1-3H3,(H,16,17,18). The Kier molecular flexibility index (Phi) is 3.28. The summed E-state index contributed by atoms with van der Waals surface area (Å²) in [5, 5.41) is 0. The van der Waals surface area contributed by atoms with Crippen LogP contribution in [0.2, 0.25) is 0 Å². The van der Waals surface area contributed by atoms with Gasteiger partial charge in [-0.25, -0.2) is 9.37 Å². The third-order valence-corrected chi connectivity index (χ3v) is 2.98. The second-order valence-corrected chi connectivity index (χ2v) is 4.30. The second-order valence-electron chi connectivity index (χ2n) is 4.30. The number of benzene rings is 1. The van der Waals surface area contributed by atoms with Gasteiger partial charge in [-0.2, -0.15) is 0 Å². The molecule has 0 aliphatic heterocycles. The molecule has 4 heteroatoms. The third-order valence-electron chi connectivity index (χ3n) is 2.98. The molecule has 0 fully saturated rings. The fourth-order valence-corrected chi connectivity index (χ4v) is 1.90. The van der Waals surface area contributed by atoms with Gasteiger partial charge in [0.25, 0.3) is 5.56 Å². The van der Waals surface area contributed by atoms with Crippen LogP contribution in [-0.2, 0) is 6.42 Å². The summed E-state index contributed by atoms with van der Waals surface area (Å²) in [7, 11) is 0. The number of H-pyrrole nitrogens is 1. The highest BCUT2D eigenvalue weighted by atomic mass is 19.1. The highest BCUT2D eigenvalue weighted by Gasteiger charge is 2.11. The molecule has 0 radical (unpaired) electrons. The molecule has 2 rings (SSSR count). The van der Waals surface area contributed by atoms with Gasteiger partial charge >= 0.3 is 0 Å². The van der Waals surface area contributed by atoms with Crippen LogP contribution in [0.15, 0.2) is 23.0 Å². The van der Waals surface area contributed by atoms with Gasteiger partial charge in [0.2, 0.25) is 0 Å². The van der Waals surface area contributed by atoms with Gasteiger partial charge in [-0.1, -0.05) is 6.92 Å². The van der Waals surface area contributed by atoms with Crippen LogP contribution in [0.5, 0.6) is 0 Å². The zero-order valence-electron chi connectivity index (χ0n) is 10.7. The SMILES string of the molecule is CCc1nc(-c2ccc(F)cc2C)c(C)c(=O)[nH]1. The first-order chi connectivity index (χ1) is 8.52. The van der Waals surface area contributed by atoms with E-state index in [1.54, 1.807) is 13.0 Å². The lowest BCUT2D eigenvalue weighted by Crippen LogP contribution is -2.16. The lowest BCUT2D eigenvalue weighted by Gasteiger charge is -2.09. The molecule has 94 valence electrons. The van der Waals surface area contributed by atoms with Crippen LogP contribution in [0.1, 0.15) is 23.9 Å². The number of nitrogens with one attached hydrogen (secondary N) is 1. The van der Waals surface area contributed by atoms with E-state index in [0.29, 0.717) is 23.5 Å². The van der Waals surface area contributed by atoms with Gasteiger partial charge in [0.15, 0.2) is 0 Å². The molecule has 1 N–H and O–H groups in total. The van der Waals surface area contributed by atoms with Crippen molar-refractivity contribution in [2.24, 2.45) is 0 Å². The minimum atomic E-state index is -0.283. The zero-order chi connectivity index (χ0) is 13.3. The van der Waals surface area contributed by atoms with E-state index < -0.39 is 0 Å². The third kappa shape index (κ3) is 2.18. The molecule has 2 aromatic rings. The van der Waals surface area contributed by atoms with Gasteiger partial charge in [-0.15, -0.1) is 0 Å². The molecule has 0 bridgehead atoms. The summed E-state index contributed by atoms with van der Waals surface area (Å²) in [5.41, 5.74) is 2.63. The molecule has 18 heavy (non-hydrogen) atoms. The summed E-state index contributed by atoms with van der Waals surface area (Å²) in [5.74, 6) is 0.360. The molecule has 0 saturated carbocycles. The number of hydrogen-bond acceptors (Lipinski definition) is 2. The Balaban J connectivity index is 2.70. The molecule has 1 aromatic heterocycles. The molecule has 0 spiro atoms. The molecule has 1 aromatic carbocycles. The average molecular weight is 246 g/mol. The quantitative estimate of drug-likeness (QED) is 0.885. The largest absolute Gasteiger partial charge is 0.310 e. The van der Waals surface area contributed by atoms with Crippen LogP contribution < -0.4 is 5.56 Å². The van der Waals surface area contributed by atoms with E-state index in [-0.39, 0.29) is 11.4 Å². The van der Waals surface area contributed by atoms with Crippen molar-refractivity contribution in [3.63, 3.8) is 0 Å². The van der Waals surface area contributed by atoms with Crippen LogP contribution in [0, 0.1) is 19.7 Å². The zero-order valence-corrected chi connectivity index (χ0v) is 10.7. The maximum atomic E-state index is 13.1. The molecular weight excluding hydrogens is 231 g/mol. The Morgan fingerprint density at radius 1 is 1.33 bits per heavy atom. The van der Waals surface area contributed by atoms with Crippen LogP contribution in [0.4, 0.5) is 4.39 Å². The topological polar surface area (TPSA) is 45.8 Å². The first-order valence-corrected chi connectivity index (χ1v) is 5.89. The Morgan fingerprint density at radius 2 is 2.06 bits per heavy atom. The lowest BCUT2D eigenvalue weighted by molar-refractivity contribution is 0.627. The number of aryl methyl sites for hydroxylation is 2. The van der Waals surface area contributed by atoms with Crippen molar-refractivity contribution in [3.05, 3.63) is 51.3 Å². The molecule has 0 saturated heterocycles. The van der Waals surface area contributed by atoms with Crippen LogP contribution in [-0.4, -0.2) is 9.97 Å². The number of nitrogens with zero attached hydrogens (tertiary/aromatic N) is 1. The number of rotatable bonds is 2. The van der Waals surface area contributed by atoms with Gasteiger partial charge in [-0.3, -0.25) is 4.79 Å². The van der Waals surface area contributed by atoms with Crippen molar-refractivity contribution in [2.45, 2.75) is 27.2 Å². The van der Waals surface area contributed by atoms with Gasteiger partial charge in [0, 0.05) is 17.5 Å². The lowest BCUT2D eigenvalue weighted by atomic mass is 10.0. The minimum absolute atomic E-state index is 0.138. The van der Waals surface area contributed by atoms with Crippen molar-refractivity contribution in [2.75, 3.05) is 0 Å². The molecule has 0 aliphatic rings. The highest BCUT2D eigenvalue weighted by molar-refractivity contribution is 5.66. The molecule has 1 heterocycles. The van der Waals surface area contributed by atoms with Gasteiger partial charge in [0.05, 0.1) is 5.69 Å². The summed E-state index contributed by atoms with van der Waals surface area (Å²) in [6.45, 7) is 5.46. The van der Waals surface area contributed by atoms with E-state index in [2.05, 4.69) is 9.97 Å². The van der Waals surface area contributed by atoms with Crippen molar-refractivity contribution >= 4 is 0 Å². The Morgan fingerprint density at radius 3 is 2.67 bits per heavy atom. The minimum Gasteiger partial charge on any atom is -0.310 e. The highest BCUT2D eigenvalue weighted by Crippen LogP contribution is 2.23. The van der Waals surface area contributed by atoms with Crippen molar-refractivity contribution in [3.8, 4) is 11.3 Å². The van der Waals surface area contributed by atoms with Crippen molar-refractivity contribution in [1.29, 1.82) is 0 Å². The van der Waals surface area contributed by atoms with E-state index in [0.717, 1.165) is 11.1 Å². The van der Waals surface area contributed by atoms with Crippen molar-refractivity contribution in [1.82, 2.24) is 9.97 Å². The average Bonchev–Trinajstić information content (AvgIpc) is 2.33. The van der Waals surface area contributed by atoms with E-state index in [1.807, 2.05) is 13.8 Å².